The van der Waals surface area contributed by atoms with Crippen LogP contribution in [-0.4, -0.2) is 16.8 Å². The minimum Gasteiger partial charge on any atom is -0.366 e. The Morgan fingerprint density at radius 1 is 1.22 bits per heavy atom. The standard InChI is InChI=1S/C17H17N3O3/c1-10-7-13(10)17(23)19-12-4-2-3-11(8-12)16(22)20-14-9-18-6-5-15(14)21/h2-6,8-10,13H,7H2,1H3,(H,18,21)(H,19,23)(H,20,22)/t10-,13+/m0/s1. The summed E-state index contributed by atoms with van der Waals surface area (Å²) in [7, 11) is 0. The summed E-state index contributed by atoms with van der Waals surface area (Å²) >= 11 is 0. The molecule has 0 unspecified atom stereocenters. The molecule has 1 aliphatic carbocycles. The van der Waals surface area contributed by atoms with Crippen LogP contribution in [-0.2, 0) is 4.79 Å². The molecular formula is C17H17N3O3. The van der Waals surface area contributed by atoms with Crippen LogP contribution in [0.4, 0.5) is 11.4 Å². The average molecular weight is 311 g/mol. The highest BCUT2D eigenvalue weighted by atomic mass is 16.2. The summed E-state index contributed by atoms with van der Waals surface area (Å²) in [5, 5.41) is 5.37. The summed E-state index contributed by atoms with van der Waals surface area (Å²) in [6, 6.07) is 7.98. The second-order valence-corrected chi connectivity index (χ2v) is 5.77. The van der Waals surface area contributed by atoms with E-state index in [9.17, 15) is 14.4 Å². The topological polar surface area (TPSA) is 91.1 Å². The van der Waals surface area contributed by atoms with E-state index in [4.69, 9.17) is 0 Å². The van der Waals surface area contributed by atoms with E-state index in [1.54, 1.807) is 24.3 Å². The van der Waals surface area contributed by atoms with Gasteiger partial charge in [-0.1, -0.05) is 13.0 Å². The Morgan fingerprint density at radius 3 is 2.70 bits per heavy atom. The number of amides is 2. The van der Waals surface area contributed by atoms with E-state index in [2.05, 4.69) is 15.6 Å². The van der Waals surface area contributed by atoms with Gasteiger partial charge in [0, 0.05) is 35.6 Å². The van der Waals surface area contributed by atoms with E-state index in [0.29, 0.717) is 17.2 Å². The molecule has 1 heterocycles. The van der Waals surface area contributed by atoms with Crippen molar-refractivity contribution in [2.45, 2.75) is 13.3 Å². The maximum Gasteiger partial charge on any atom is 0.255 e. The number of carbonyl (C=O) groups excluding carboxylic acids is 2. The van der Waals surface area contributed by atoms with Crippen molar-refractivity contribution in [3.63, 3.8) is 0 Å². The van der Waals surface area contributed by atoms with E-state index >= 15 is 0 Å². The Labute approximate surface area is 132 Å². The number of carbonyl (C=O) groups is 2. The van der Waals surface area contributed by atoms with Crippen LogP contribution in [0, 0.1) is 11.8 Å². The Balaban J connectivity index is 1.71. The number of hydrogen-bond acceptors (Lipinski definition) is 3. The molecule has 1 saturated carbocycles. The lowest BCUT2D eigenvalue weighted by Crippen LogP contribution is -2.19. The fraction of sp³-hybridized carbons (Fsp3) is 0.235. The molecule has 0 saturated heterocycles. The smallest absolute Gasteiger partial charge is 0.255 e. The zero-order valence-electron chi connectivity index (χ0n) is 12.6. The van der Waals surface area contributed by atoms with Gasteiger partial charge in [0.2, 0.25) is 11.3 Å². The van der Waals surface area contributed by atoms with Crippen LogP contribution in [0.5, 0.6) is 0 Å². The van der Waals surface area contributed by atoms with Crippen molar-refractivity contribution < 1.29 is 9.59 Å². The first kappa shape index (κ1) is 15.0. The number of benzene rings is 1. The highest BCUT2D eigenvalue weighted by Crippen LogP contribution is 2.38. The van der Waals surface area contributed by atoms with Gasteiger partial charge < -0.3 is 15.6 Å². The number of pyridine rings is 1. The van der Waals surface area contributed by atoms with E-state index in [1.807, 2.05) is 6.92 Å². The van der Waals surface area contributed by atoms with Gasteiger partial charge in [-0.05, 0) is 30.5 Å². The second kappa shape index (κ2) is 6.08. The third kappa shape index (κ3) is 3.48. The highest BCUT2D eigenvalue weighted by molar-refractivity contribution is 6.05. The highest BCUT2D eigenvalue weighted by Gasteiger charge is 2.39. The SMILES string of the molecule is C[C@H]1C[C@H]1C(=O)Nc1cccc(C(=O)Nc2c[nH]ccc2=O)c1. The first-order valence-corrected chi connectivity index (χ1v) is 7.44. The zero-order valence-corrected chi connectivity index (χ0v) is 12.6. The molecule has 3 N–H and O–H groups in total. The quantitative estimate of drug-likeness (QED) is 0.808. The van der Waals surface area contributed by atoms with Crippen molar-refractivity contribution >= 4 is 23.2 Å². The zero-order chi connectivity index (χ0) is 16.4. The molecule has 2 atom stereocenters. The lowest BCUT2D eigenvalue weighted by molar-refractivity contribution is -0.117. The van der Waals surface area contributed by atoms with Gasteiger partial charge in [0.15, 0.2) is 0 Å². The molecule has 0 spiro atoms. The van der Waals surface area contributed by atoms with Crippen molar-refractivity contribution in [1.29, 1.82) is 0 Å². The number of H-pyrrole nitrogens is 1. The van der Waals surface area contributed by atoms with Gasteiger partial charge in [0.05, 0.1) is 0 Å². The van der Waals surface area contributed by atoms with Crippen molar-refractivity contribution in [2.75, 3.05) is 10.6 Å². The van der Waals surface area contributed by atoms with E-state index < -0.39 is 5.91 Å². The summed E-state index contributed by atoms with van der Waals surface area (Å²) in [4.78, 5) is 38.5. The van der Waals surface area contributed by atoms with Crippen molar-refractivity contribution in [3.05, 3.63) is 58.5 Å². The molecule has 23 heavy (non-hydrogen) atoms. The molecule has 0 bridgehead atoms. The molecule has 6 nitrogen and oxygen atoms in total. The summed E-state index contributed by atoms with van der Waals surface area (Å²) in [5.41, 5.74) is 0.849. The number of aromatic nitrogens is 1. The minimum atomic E-state index is -0.405. The number of nitrogens with one attached hydrogen (secondary N) is 3. The molecule has 6 heteroatoms. The summed E-state index contributed by atoms with van der Waals surface area (Å²) in [5.74, 6) is 0.0637. The molecular weight excluding hydrogens is 294 g/mol. The van der Waals surface area contributed by atoms with Gasteiger partial charge in [-0.25, -0.2) is 0 Å². The van der Waals surface area contributed by atoms with E-state index in [1.165, 1.54) is 18.5 Å². The second-order valence-electron chi connectivity index (χ2n) is 5.77. The fourth-order valence-corrected chi connectivity index (χ4v) is 2.37. The number of hydrogen-bond donors (Lipinski definition) is 3. The fourth-order valence-electron chi connectivity index (χ4n) is 2.37. The van der Waals surface area contributed by atoms with Crippen LogP contribution in [0.3, 0.4) is 0 Å². The lowest BCUT2D eigenvalue weighted by atomic mass is 10.1. The predicted octanol–water partition coefficient (Wildman–Crippen LogP) is 2.22. The largest absolute Gasteiger partial charge is 0.366 e. The molecule has 1 fully saturated rings. The van der Waals surface area contributed by atoms with Gasteiger partial charge in [0.25, 0.3) is 5.91 Å². The molecule has 0 radical (unpaired) electrons. The van der Waals surface area contributed by atoms with Crippen LogP contribution in [0.1, 0.15) is 23.7 Å². The number of anilines is 2. The summed E-state index contributed by atoms with van der Waals surface area (Å²) in [6.07, 6.45) is 3.83. The maximum atomic E-state index is 12.2. The monoisotopic (exact) mass is 311 g/mol. The first-order chi connectivity index (χ1) is 11.0. The van der Waals surface area contributed by atoms with Gasteiger partial charge >= 0.3 is 0 Å². The third-order valence-electron chi connectivity index (χ3n) is 3.91. The normalized spacial score (nSPS) is 19.0. The van der Waals surface area contributed by atoms with Crippen molar-refractivity contribution in [3.8, 4) is 0 Å². The van der Waals surface area contributed by atoms with Gasteiger partial charge in [-0.15, -0.1) is 0 Å². The van der Waals surface area contributed by atoms with Gasteiger partial charge in [-0.3, -0.25) is 14.4 Å². The lowest BCUT2D eigenvalue weighted by Gasteiger charge is -2.08. The minimum absolute atomic E-state index is 0.0189. The number of rotatable bonds is 4. The Bertz CT molecular complexity index is 812. The van der Waals surface area contributed by atoms with Crippen LogP contribution in [0.25, 0.3) is 0 Å². The third-order valence-corrected chi connectivity index (χ3v) is 3.91. The van der Waals surface area contributed by atoms with Gasteiger partial charge in [0.1, 0.15) is 5.69 Å². The predicted molar refractivity (Wildman–Crippen MR) is 87.4 cm³/mol. The van der Waals surface area contributed by atoms with Crippen molar-refractivity contribution in [1.82, 2.24) is 4.98 Å². The molecule has 118 valence electrons. The van der Waals surface area contributed by atoms with Crippen LogP contribution < -0.4 is 16.1 Å². The van der Waals surface area contributed by atoms with Crippen LogP contribution in [0.2, 0.25) is 0 Å². The maximum absolute atomic E-state index is 12.2. The first-order valence-electron chi connectivity index (χ1n) is 7.44. The average Bonchev–Trinajstić information content (AvgIpc) is 3.27. The van der Waals surface area contributed by atoms with Gasteiger partial charge in [-0.2, -0.15) is 0 Å². The molecule has 1 aromatic heterocycles. The Hall–Kier alpha value is -2.89. The van der Waals surface area contributed by atoms with Crippen molar-refractivity contribution in [2.24, 2.45) is 11.8 Å². The number of aromatic amines is 1. The molecule has 0 aliphatic heterocycles. The van der Waals surface area contributed by atoms with E-state index in [0.717, 1.165) is 6.42 Å². The van der Waals surface area contributed by atoms with Crippen LogP contribution in [0.15, 0.2) is 47.5 Å². The Morgan fingerprint density at radius 2 is 2.00 bits per heavy atom. The van der Waals surface area contributed by atoms with Crippen LogP contribution >= 0.6 is 0 Å². The summed E-state index contributed by atoms with van der Waals surface area (Å²) < 4.78 is 0. The molecule has 1 aromatic carbocycles. The Kier molecular flexibility index (Phi) is 3.97. The molecule has 3 rings (SSSR count). The molecule has 2 amide bonds. The molecule has 2 aromatic rings. The molecule has 1 aliphatic rings. The summed E-state index contributed by atoms with van der Waals surface area (Å²) in [6.45, 7) is 2.03. The van der Waals surface area contributed by atoms with E-state index in [-0.39, 0.29) is 22.9 Å².